The normalized spacial score (nSPS) is 35.4. The molecule has 0 amide bonds. The summed E-state index contributed by atoms with van der Waals surface area (Å²) >= 11 is 0. The fourth-order valence-corrected chi connectivity index (χ4v) is 3.38. The van der Waals surface area contributed by atoms with Crippen LogP contribution in [-0.4, -0.2) is 50.7 Å². The van der Waals surface area contributed by atoms with Gasteiger partial charge in [0.15, 0.2) is 5.60 Å². The van der Waals surface area contributed by atoms with E-state index < -0.39 is 35.2 Å². The van der Waals surface area contributed by atoms with E-state index in [1.54, 1.807) is 13.8 Å². The molecule has 0 aromatic heterocycles. The lowest BCUT2D eigenvalue weighted by Gasteiger charge is -2.48. The Hall–Kier alpha value is -1.03. The van der Waals surface area contributed by atoms with Crippen molar-refractivity contribution in [3.63, 3.8) is 0 Å². The summed E-state index contributed by atoms with van der Waals surface area (Å²) in [5.74, 6) is -8.30. The second-order valence-corrected chi connectivity index (χ2v) is 6.77. The second kappa shape index (κ2) is 6.29. The number of ether oxygens (including phenoxy) is 4. The molecule has 2 atom stereocenters. The van der Waals surface area contributed by atoms with Crippen molar-refractivity contribution in [1.82, 2.24) is 0 Å². The van der Waals surface area contributed by atoms with Crippen LogP contribution in [0.15, 0.2) is 12.2 Å². The molecular weight excluding hydrogens is 332 g/mol. The van der Waals surface area contributed by atoms with Crippen molar-refractivity contribution >= 4 is 5.97 Å². The molecule has 0 aromatic rings. The number of carbonyl (C=O) groups is 1. The summed E-state index contributed by atoms with van der Waals surface area (Å²) in [7, 11) is 0. The monoisotopic (exact) mass is 360 g/mol. The fraction of sp³-hybridized carbons (Fsp3) is 0.824. The lowest BCUT2D eigenvalue weighted by atomic mass is 9.84. The smallest absolute Gasteiger partial charge is 0.336 e. The molecule has 144 valence electrons. The van der Waals surface area contributed by atoms with Crippen LogP contribution in [0, 0.1) is 5.92 Å². The summed E-state index contributed by atoms with van der Waals surface area (Å²) in [6.45, 7) is 12.3. The molecule has 3 rings (SSSR count). The maximum absolute atomic E-state index is 12.5. The van der Waals surface area contributed by atoms with Gasteiger partial charge in [-0.1, -0.05) is 27.4 Å². The van der Waals surface area contributed by atoms with Gasteiger partial charge in [0.25, 0.3) is 11.9 Å². The highest BCUT2D eigenvalue weighted by molar-refractivity contribution is 5.90. The minimum atomic E-state index is -3.08. The first-order valence-corrected chi connectivity index (χ1v) is 8.59. The van der Waals surface area contributed by atoms with Gasteiger partial charge in [0.2, 0.25) is 5.79 Å². The van der Waals surface area contributed by atoms with Crippen LogP contribution >= 0.6 is 0 Å². The highest BCUT2D eigenvalue weighted by atomic mass is 17.1. The Kier molecular flexibility index (Phi) is 5.11. The van der Waals surface area contributed by atoms with Crippen molar-refractivity contribution in [2.45, 2.75) is 83.3 Å². The summed E-state index contributed by atoms with van der Waals surface area (Å²) in [6, 6.07) is 0. The van der Waals surface area contributed by atoms with E-state index in [0.717, 1.165) is 0 Å². The number of rotatable bonds is 8. The predicted molar refractivity (Wildman–Crippen MR) is 85.6 cm³/mol. The highest BCUT2D eigenvalue weighted by Crippen LogP contribution is 2.64. The molecule has 3 heterocycles. The van der Waals surface area contributed by atoms with Gasteiger partial charge in [-0.2, -0.15) is 0 Å². The number of hydrogen-bond donors (Lipinski definition) is 3. The third-order valence-corrected chi connectivity index (χ3v) is 5.25. The Morgan fingerprint density at radius 1 is 1.16 bits per heavy atom. The van der Waals surface area contributed by atoms with E-state index in [2.05, 4.69) is 6.58 Å². The van der Waals surface area contributed by atoms with Crippen LogP contribution in [-0.2, 0) is 23.7 Å². The molecule has 8 nitrogen and oxygen atoms in total. The zero-order chi connectivity index (χ0) is 19.3. The topological polar surface area (TPSA) is 115 Å². The SMILES string of the molecule is C=C(C(=O)OC(CC)CC)C1(CC)OC2(C(C)C(O)(O)O)OC1(C)O2. The molecule has 0 radical (unpaired) electrons. The first-order chi connectivity index (χ1) is 11.4. The van der Waals surface area contributed by atoms with Gasteiger partial charge in [0.1, 0.15) is 12.0 Å². The maximum atomic E-state index is 12.5. The van der Waals surface area contributed by atoms with Gasteiger partial charge >= 0.3 is 5.97 Å². The van der Waals surface area contributed by atoms with Crippen LogP contribution in [0.3, 0.4) is 0 Å². The lowest BCUT2D eigenvalue weighted by molar-refractivity contribution is -0.547. The van der Waals surface area contributed by atoms with E-state index in [9.17, 15) is 20.1 Å². The van der Waals surface area contributed by atoms with E-state index in [-0.39, 0.29) is 18.1 Å². The molecule has 3 saturated heterocycles. The Balaban J connectivity index is 2.27. The van der Waals surface area contributed by atoms with Gasteiger partial charge in [-0.05, 0) is 33.1 Å². The van der Waals surface area contributed by atoms with E-state index in [1.807, 2.05) is 13.8 Å². The standard InChI is InChI=1S/C17H28O8/c1-7-12(8-2)22-13(18)10(4)15(9-3)14(6)23-17(24-14,25-15)11(5)16(19,20)21/h11-12,19-21H,4,7-9H2,1-3,5-6H3. The van der Waals surface area contributed by atoms with Gasteiger partial charge in [-0.3, -0.25) is 9.47 Å². The van der Waals surface area contributed by atoms with Gasteiger partial charge in [-0.15, -0.1) is 0 Å². The quantitative estimate of drug-likeness (QED) is 0.335. The number of esters is 1. The molecule has 25 heavy (non-hydrogen) atoms. The van der Waals surface area contributed by atoms with Gasteiger partial charge in [0.05, 0.1) is 5.57 Å². The van der Waals surface area contributed by atoms with Crippen LogP contribution in [0.4, 0.5) is 0 Å². The van der Waals surface area contributed by atoms with Crippen LogP contribution < -0.4 is 0 Å². The van der Waals surface area contributed by atoms with Gasteiger partial charge < -0.3 is 24.8 Å². The van der Waals surface area contributed by atoms with Crippen molar-refractivity contribution in [3.05, 3.63) is 12.2 Å². The predicted octanol–water partition coefficient (Wildman–Crippen LogP) is 1.14. The van der Waals surface area contributed by atoms with Crippen LogP contribution in [0.25, 0.3) is 0 Å². The first kappa shape index (κ1) is 20.3. The summed E-state index contributed by atoms with van der Waals surface area (Å²) in [6.07, 6.45) is 1.37. The zero-order valence-electron chi connectivity index (χ0n) is 15.4. The average Bonchev–Trinajstić information content (AvgIpc) is 2.94. The number of aliphatic hydroxyl groups is 3. The van der Waals surface area contributed by atoms with E-state index >= 15 is 0 Å². The van der Waals surface area contributed by atoms with Crippen LogP contribution in [0.2, 0.25) is 0 Å². The molecule has 0 aromatic carbocycles. The molecule has 3 aliphatic rings. The molecule has 0 spiro atoms. The van der Waals surface area contributed by atoms with Crippen LogP contribution in [0.5, 0.6) is 0 Å². The van der Waals surface area contributed by atoms with E-state index in [4.69, 9.17) is 18.9 Å². The first-order valence-electron chi connectivity index (χ1n) is 8.59. The second-order valence-electron chi connectivity index (χ2n) is 6.77. The lowest BCUT2D eigenvalue weighted by Crippen LogP contribution is -2.64. The molecular formula is C17H28O8. The molecule has 3 aliphatic heterocycles. The third kappa shape index (κ3) is 2.90. The molecule has 2 bridgehead atoms. The molecule has 2 unspecified atom stereocenters. The van der Waals surface area contributed by atoms with E-state index in [0.29, 0.717) is 12.8 Å². The Morgan fingerprint density at radius 2 is 1.68 bits per heavy atom. The van der Waals surface area contributed by atoms with Crippen molar-refractivity contribution < 1.29 is 39.1 Å². The molecule has 3 fully saturated rings. The van der Waals surface area contributed by atoms with Crippen molar-refractivity contribution in [2.24, 2.45) is 5.92 Å². The van der Waals surface area contributed by atoms with Gasteiger partial charge in [-0.25, -0.2) is 4.79 Å². The van der Waals surface area contributed by atoms with Crippen molar-refractivity contribution in [2.75, 3.05) is 0 Å². The molecule has 8 heteroatoms. The highest BCUT2D eigenvalue weighted by Gasteiger charge is 2.81. The van der Waals surface area contributed by atoms with E-state index in [1.165, 1.54) is 6.92 Å². The average molecular weight is 360 g/mol. The molecule has 0 saturated carbocycles. The Morgan fingerprint density at radius 3 is 2.08 bits per heavy atom. The Labute approximate surface area is 147 Å². The maximum Gasteiger partial charge on any atom is 0.336 e. The minimum Gasteiger partial charge on any atom is -0.459 e. The van der Waals surface area contributed by atoms with Crippen molar-refractivity contribution in [3.8, 4) is 0 Å². The number of hydrogen-bond acceptors (Lipinski definition) is 8. The zero-order valence-corrected chi connectivity index (χ0v) is 15.4. The summed E-state index contributed by atoms with van der Waals surface area (Å²) in [5.41, 5.74) is -1.34. The largest absolute Gasteiger partial charge is 0.459 e. The Bertz CT molecular complexity index is 541. The van der Waals surface area contributed by atoms with Crippen molar-refractivity contribution in [1.29, 1.82) is 0 Å². The summed E-state index contributed by atoms with van der Waals surface area (Å²) in [4.78, 5) is 12.5. The number of carbonyl (C=O) groups excluding carboxylic acids is 1. The molecule has 3 N–H and O–H groups in total. The summed E-state index contributed by atoms with van der Waals surface area (Å²) < 4.78 is 22.6. The third-order valence-electron chi connectivity index (χ3n) is 5.25. The number of fused-ring (bicyclic) bond motifs is 1. The fourth-order valence-electron chi connectivity index (χ4n) is 3.38. The van der Waals surface area contributed by atoms with Gasteiger partial charge in [0, 0.05) is 0 Å². The molecule has 0 aliphatic carbocycles. The minimum absolute atomic E-state index is 0.0235. The van der Waals surface area contributed by atoms with Crippen LogP contribution in [0.1, 0.15) is 53.9 Å². The summed E-state index contributed by atoms with van der Waals surface area (Å²) in [5, 5.41) is 28.4.